The van der Waals surface area contributed by atoms with E-state index in [4.69, 9.17) is 4.74 Å². The van der Waals surface area contributed by atoms with Crippen LogP contribution in [-0.4, -0.2) is 47.8 Å². The number of ether oxygens (including phenoxy) is 1. The van der Waals surface area contributed by atoms with Gasteiger partial charge in [-0.1, -0.05) is 36.4 Å². The lowest BCUT2D eigenvalue weighted by Gasteiger charge is -2.26. The first-order valence-corrected chi connectivity index (χ1v) is 11.8. The summed E-state index contributed by atoms with van der Waals surface area (Å²) in [6.07, 6.45) is 0. The average Bonchev–Trinajstić information content (AvgIpc) is 3.16. The first kappa shape index (κ1) is 20.3. The highest BCUT2D eigenvalue weighted by atomic mass is 32.2. The van der Waals surface area contributed by atoms with Crippen molar-refractivity contribution in [3.8, 4) is 0 Å². The Kier molecular flexibility index (Phi) is 7.16. The van der Waals surface area contributed by atoms with E-state index in [-0.39, 0.29) is 5.91 Å². The van der Waals surface area contributed by atoms with Gasteiger partial charge in [0.2, 0.25) is 5.91 Å². The van der Waals surface area contributed by atoms with Crippen molar-refractivity contribution in [1.29, 1.82) is 0 Å². The van der Waals surface area contributed by atoms with Gasteiger partial charge in [-0.2, -0.15) is 0 Å². The van der Waals surface area contributed by atoms with Crippen molar-refractivity contribution in [2.45, 2.75) is 18.8 Å². The summed E-state index contributed by atoms with van der Waals surface area (Å²) in [5, 5.41) is 4.10. The molecule has 0 atom stereocenters. The Labute approximate surface area is 179 Å². The van der Waals surface area contributed by atoms with Crippen molar-refractivity contribution in [3.05, 3.63) is 64.7 Å². The number of nitrogens with one attached hydrogen (secondary N) is 1. The molecule has 3 aromatic rings. The maximum absolute atomic E-state index is 12.2. The van der Waals surface area contributed by atoms with Gasteiger partial charge in [0.15, 0.2) is 0 Å². The van der Waals surface area contributed by atoms with E-state index in [2.05, 4.69) is 45.5 Å². The molecule has 0 aliphatic carbocycles. The fourth-order valence-electron chi connectivity index (χ4n) is 3.32. The lowest BCUT2D eigenvalue weighted by atomic mass is 10.1. The third-order valence-electron chi connectivity index (χ3n) is 4.79. The smallest absolute Gasteiger partial charge is 0.230 e. The van der Waals surface area contributed by atoms with Crippen molar-refractivity contribution < 1.29 is 9.53 Å². The number of carbonyl (C=O) groups is 1. The van der Waals surface area contributed by atoms with Gasteiger partial charge in [0, 0.05) is 31.9 Å². The molecule has 5 nitrogen and oxygen atoms in total. The van der Waals surface area contributed by atoms with Gasteiger partial charge < -0.3 is 10.1 Å². The van der Waals surface area contributed by atoms with Gasteiger partial charge in [0.1, 0.15) is 5.01 Å². The normalized spacial score (nSPS) is 14.9. The lowest BCUT2D eigenvalue weighted by Crippen LogP contribution is -2.35. The average molecular weight is 428 g/mol. The quantitative estimate of drug-likeness (QED) is 0.594. The van der Waals surface area contributed by atoms with E-state index in [1.807, 2.05) is 18.2 Å². The first-order chi connectivity index (χ1) is 14.3. The highest BCUT2D eigenvalue weighted by Crippen LogP contribution is 2.24. The van der Waals surface area contributed by atoms with Crippen molar-refractivity contribution >= 4 is 39.2 Å². The molecule has 4 rings (SSSR count). The van der Waals surface area contributed by atoms with E-state index >= 15 is 0 Å². The second-order valence-corrected chi connectivity index (χ2v) is 9.15. The second kappa shape index (κ2) is 10.2. The predicted octanol–water partition coefficient (Wildman–Crippen LogP) is 3.68. The van der Waals surface area contributed by atoms with E-state index in [9.17, 15) is 4.79 Å². The number of hydrogen-bond donors (Lipinski definition) is 1. The molecule has 0 spiro atoms. The Hall–Kier alpha value is -1.93. The summed E-state index contributed by atoms with van der Waals surface area (Å²) in [4.78, 5) is 19.2. The fourth-order valence-corrected chi connectivity index (χ4v) is 5.20. The Morgan fingerprint density at radius 1 is 1.14 bits per heavy atom. The number of morpholine rings is 1. The Morgan fingerprint density at radius 3 is 2.83 bits per heavy atom. The van der Waals surface area contributed by atoms with Crippen LogP contribution in [0.3, 0.4) is 0 Å². The van der Waals surface area contributed by atoms with Gasteiger partial charge in [0.05, 0.1) is 29.2 Å². The minimum atomic E-state index is 0.0645. The molecular weight excluding hydrogens is 402 g/mol. The number of thiazole rings is 1. The standard InChI is InChI=1S/C22H25N3O2S2/c26-21(15-28-16-22-24-19-6-1-2-7-20(19)29-22)23-13-17-4-3-5-18(12-17)14-25-8-10-27-11-9-25/h1-7,12H,8-11,13-16H2,(H,23,26). The molecule has 0 radical (unpaired) electrons. The monoisotopic (exact) mass is 427 g/mol. The molecule has 1 amide bonds. The molecule has 152 valence electrons. The number of thioether (sulfide) groups is 1. The van der Waals surface area contributed by atoms with Crippen LogP contribution in [0.25, 0.3) is 10.2 Å². The molecular formula is C22H25N3O2S2. The summed E-state index contributed by atoms with van der Waals surface area (Å²) in [7, 11) is 0. The Balaban J connectivity index is 1.20. The minimum absolute atomic E-state index is 0.0645. The van der Waals surface area contributed by atoms with Crippen molar-refractivity contribution in [2.75, 3.05) is 32.1 Å². The number of hydrogen-bond acceptors (Lipinski definition) is 6. The summed E-state index contributed by atoms with van der Waals surface area (Å²) in [5.74, 6) is 1.28. The molecule has 0 saturated carbocycles. The maximum Gasteiger partial charge on any atom is 0.230 e. The van der Waals surface area contributed by atoms with Gasteiger partial charge in [-0.15, -0.1) is 23.1 Å². The Bertz CT molecular complexity index is 921. The molecule has 2 heterocycles. The topological polar surface area (TPSA) is 54.5 Å². The number of aromatic nitrogens is 1. The van der Waals surface area contributed by atoms with Crippen LogP contribution in [0.2, 0.25) is 0 Å². The van der Waals surface area contributed by atoms with E-state index in [1.165, 1.54) is 10.3 Å². The van der Waals surface area contributed by atoms with Crippen molar-refractivity contribution in [3.63, 3.8) is 0 Å². The summed E-state index contributed by atoms with van der Waals surface area (Å²) >= 11 is 3.31. The molecule has 29 heavy (non-hydrogen) atoms. The number of benzene rings is 2. The van der Waals surface area contributed by atoms with Crippen LogP contribution in [0.5, 0.6) is 0 Å². The van der Waals surface area contributed by atoms with Gasteiger partial charge in [-0.05, 0) is 23.3 Å². The van der Waals surface area contributed by atoms with Gasteiger partial charge in [0.25, 0.3) is 0 Å². The number of amides is 1. The molecule has 0 unspecified atom stereocenters. The van der Waals surface area contributed by atoms with Crippen LogP contribution < -0.4 is 5.32 Å². The number of fused-ring (bicyclic) bond motifs is 1. The molecule has 0 bridgehead atoms. The SMILES string of the molecule is O=C(CSCc1nc2ccccc2s1)NCc1cccc(CN2CCOCC2)c1. The van der Waals surface area contributed by atoms with Gasteiger partial charge in [-0.3, -0.25) is 9.69 Å². The van der Waals surface area contributed by atoms with Crippen LogP contribution in [-0.2, 0) is 28.4 Å². The van der Waals surface area contributed by atoms with Crippen LogP contribution in [0, 0.1) is 0 Å². The molecule has 1 saturated heterocycles. The number of nitrogens with zero attached hydrogens (tertiary/aromatic N) is 2. The summed E-state index contributed by atoms with van der Waals surface area (Å²) < 4.78 is 6.61. The number of rotatable bonds is 8. The molecule has 7 heteroatoms. The summed E-state index contributed by atoms with van der Waals surface area (Å²) in [5.41, 5.74) is 3.46. The third kappa shape index (κ3) is 6.02. The summed E-state index contributed by atoms with van der Waals surface area (Å²) in [6, 6.07) is 16.6. The van der Waals surface area contributed by atoms with Crippen molar-refractivity contribution in [1.82, 2.24) is 15.2 Å². The summed E-state index contributed by atoms with van der Waals surface area (Å²) in [6.45, 7) is 5.08. The molecule has 1 N–H and O–H groups in total. The Morgan fingerprint density at radius 2 is 1.97 bits per heavy atom. The van der Waals surface area contributed by atoms with E-state index in [1.54, 1.807) is 23.1 Å². The molecule has 1 aromatic heterocycles. The highest BCUT2D eigenvalue weighted by molar-refractivity contribution is 7.99. The van der Waals surface area contributed by atoms with E-state index in [0.29, 0.717) is 12.3 Å². The number of para-hydroxylation sites is 1. The maximum atomic E-state index is 12.2. The minimum Gasteiger partial charge on any atom is -0.379 e. The van der Waals surface area contributed by atoms with Crippen LogP contribution in [0.15, 0.2) is 48.5 Å². The zero-order valence-electron chi connectivity index (χ0n) is 16.3. The predicted molar refractivity (Wildman–Crippen MR) is 120 cm³/mol. The van der Waals surface area contributed by atoms with E-state index in [0.717, 1.165) is 54.7 Å². The molecule has 1 fully saturated rings. The van der Waals surface area contributed by atoms with Crippen LogP contribution in [0.1, 0.15) is 16.1 Å². The van der Waals surface area contributed by atoms with Gasteiger partial charge >= 0.3 is 0 Å². The molecule has 1 aliphatic rings. The fraction of sp³-hybridized carbons (Fsp3) is 0.364. The van der Waals surface area contributed by atoms with Crippen LogP contribution >= 0.6 is 23.1 Å². The zero-order valence-corrected chi connectivity index (χ0v) is 17.9. The largest absolute Gasteiger partial charge is 0.379 e. The first-order valence-electron chi connectivity index (χ1n) is 9.83. The second-order valence-electron chi connectivity index (χ2n) is 7.05. The number of carbonyl (C=O) groups excluding carboxylic acids is 1. The molecule has 2 aromatic carbocycles. The lowest BCUT2D eigenvalue weighted by molar-refractivity contribution is -0.118. The van der Waals surface area contributed by atoms with Gasteiger partial charge in [-0.25, -0.2) is 4.98 Å². The van der Waals surface area contributed by atoms with Crippen LogP contribution in [0.4, 0.5) is 0 Å². The third-order valence-corrected chi connectivity index (χ3v) is 6.95. The van der Waals surface area contributed by atoms with E-state index < -0.39 is 0 Å². The zero-order chi connectivity index (χ0) is 19.9. The van der Waals surface area contributed by atoms with Crippen molar-refractivity contribution in [2.24, 2.45) is 0 Å². The highest BCUT2D eigenvalue weighted by Gasteiger charge is 2.11. The molecule has 1 aliphatic heterocycles.